The molecule has 0 fully saturated rings. The normalized spacial score (nSPS) is 10.2. The molecule has 3 aromatic carbocycles. The summed E-state index contributed by atoms with van der Waals surface area (Å²) in [6, 6.07) is 22.9. The molecule has 3 aromatic rings. The summed E-state index contributed by atoms with van der Waals surface area (Å²) in [5.74, 6) is 0.356. The molecular weight excluding hydrogens is 312 g/mol. The zero-order valence-corrected chi connectivity index (χ0v) is 14.2. The summed E-state index contributed by atoms with van der Waals surface area (Å²) in [6.45, 7) is 2.06. The van der Waals surface area contributed by atoms with Crippen molar-refractivity contribution in [3.8, 4) is 5.75 Å². The first-order chi connectivity index (χ1) is 12.2. The molecule has 0 bridgehead atoms. The van der Waals surface area contributed by atoms with E-state index in [1.807, 2.05) is 48.5 Å². The summed E-state index contributed by atoms with van der Waals surface area (Å²) in [7, 11) is 1.55. The Hall–Kier alpha value is -3.27. The van der Waals surface area contributed by atoms with Gasteiger partial charge in [-0.1, -0.05) is 24.3 Å². The first-order valence-electron chi connectivity index (χ1n) is 8.04. The van der Waals surface area contributed by atoms with Gasteiger partial charge in [0.1, 0.15) is 5.75 Å². The molecule has 3 rings (SSSR count). The molecule has 126 valence electrons. The van der Waals surface area contributed by atoms with Crippen LogP contribution in [-0.4, -0.2) is 13.0 Å². The lowest BCUT2D eigenvalue weighted by atomic mass is 10.1. The van der Waals surface area contributed by atoms with E-state index in [4.69, 9.17) is 4.74 Å². The predicted molar refractivity (Wildman–Crippen MR) is 102 cm³/mol. The van der Waals surface area contributed by atoms with E-state index in [-0.39, 0.29) is 5.91 Å². The second-order valence-electron chi connectivity index (χ2n) is 5.73. The molecule has 4 heteroatoms. The number of amides is 1. The van der Waals surface area contributed by atoms with Crippen LogP contribution in [0, 0.1) is 6.92 Å². The third-order valence-corrected chi connectivity index (χ3v) is 3.80. The van der Waals surface area contributed by atoms with Crippen molar-refractivity contribution in [1.29, 1.82) is 0 Å². The molecule has 25 heavy (non-hydrogen) atoms. The fraction of sp³-hybridized carbons (Fsp3) is 0.0952. The highest BCUT2D eigenvalue weighted by Crippen LogP contribution is 2.22. The van der Waals surface area contributed by atoms with Crippen molar-refractivity contribution in [2.45, 2.75) is 6.92 Å². The van der Waals surface area contributed by atoms with E-state index in [1.165, 1.54) is 5.56 Å². The van der Waals surface area contributed by atoms with Gasteiger partial charge in [0.25, 0.3) is 5.91 Å². The number of methoxy groups -OCH3 is 1. The van der Waals surface area contributed by atoms with Gasteiger partial charge in [-0.15, -0.1) is 0 Å². The van der Waals surface area contributed by atoms with Crippen molar-refractivity contribution in [3.63, 3.8) is 0 Å². The molecule has 0 aliphatic heterocycles. The van der Waals surface area contributed by atoms with Gasteiger partial charge < -0.3 is 15.4 Å². The monoisotopic (exact) mass is 332 g/mol. The minimum absolute atomic E-state index is 0.197. The Kier molecular flexibility index (Phi) is 5.00. The van der Waals surface area contributed by atoms with Gasteiger partial charge in [0, 0.05) is 17.1 Å². The van der Waals surface area contributed by atoms with Gasteiger partial charge in [-0.3, -0.25) is 4.79 Å². The number of hydrogen-bond acceptors (Lipinski definition) is 3. The van der Waals surface area contributed by atoms with Crippen molar-refractivity contribution in [2.24, 2.45) is 0 Å². The van der Waals surface area contributed by atoms with Crippen LogP contribution in [0.1, 0.15) is 15.9 Å². The van der Waals surface area contributed by atoms with Crippen LogP contribution in [0.5, 0.6) is 5.75 Å². The lowest BCUT2D eigenvalue weighted by Gasteiger charge is -2.11. The number of anilines is 3. The van der Waals surface area contributed by atoms with Crippen molar-refractivity contribution in [1.82, 2.24) is 0 Å². The molecule has 0 heterocycles. The Morgan fingerprint density at radius 1 is 0.840 bits per heavy atom. The highest BCUT2D eigenvalue weighted by atomic mass is 16.5. The lowest BCUT2D eigenvalue weighted by Crippen LogP contribution is -2.13. The largest absolute Gasteiger partial charge is 0.496 e. The fourth-order valence-electron chi connectivity index (χ4n) is 2.56. The van der Waals surface area contributed by atoms with Crippen LogP contribution in [0.2, 0.25) is 0 Å². The van der Waals surface area contributed by atoms with Gasteiger partial charge in [0.05, 0.1) is 12.7 Å². The number of ether oxygens (including phenoxy) is 1. The highest BCUT2D eigenvalue weighted by molar-refractivity contribution is 6.06. The second-order valence-corrected chi connectivity index (χ2v) is 5.73. The molecule has 0 saturated carbocycles. The Morgan fingerprint density at radius 2 is 1.56 bits per heavy atom. The maximum Gasteiger partial charge on any atom is 0.259 e. The van der Waals surface area contributed by atoms with Gasteiger partial charge in [0.2, 0.25) is 0 Å². The first kappa shape index (κ1) is 16.6. The molecule has 0 atom stereocenters. The summed E-state index contributed by atoms with van der Waals surface area (Å²) < 4.78 is 5.23. The quantitative estimate of drug-likeness (QED) is 0.691. The van der Waals surface area contributed by atoms with E-state index in [0.717, 1.165) is 17.1 Å². The molecule has 0 spiro atoms. The van der Waals surface area contributed by atoms with Crippen molar-refractivity contribution >= 4 is 23.0 Å². The number of rotatable bonds is 5. The van der Waals surface area contributed by atoms with Crippen LogP contribution in [0.4, 0.5) is 17.1 Å². The molecular formula is C21H20N2O2. The van der Waals surface area contributed by atoms with Gasteiger partial charge in [0.15, 0.2) is 0 Å². The average Bonchev–Trinajstić information content (AvgIpc) is 2.63. The maximum absolute atomic E-state index is 12.4. The Labute approximate surface area is 147 Å². The minimum atomic E-state index is -0.197. The van der Waals surface area contributed by atoms with Crippen LogP contribution in [0.3, 0.4) is 0 Å². The standard InChI is InChI=1S/C21H20N2O2/c1-15-6-5-7-18(14-15)22-16-10-12-17(13-11-16)23-21(24)19-8-3-4-9-20(19)25-2/h3-14,22H,1-2H3,(H,23,24). The molecule has 0 aliphatic carbocycles. The molecule has 4 nitrogen and oxygen atoms in total. The average molecular weight is 332 g/mol. The van der Waals surface area contributed by atoms with Crippen molar-refractivity contribution in [2.75, 3.05) is 17.7 Å². The van der Waals surface area contributed by atoms with Gasteiger partial charge in [-0.25, -0.2) is 0 Å². The number of hydrogen-bond donors (Lipinski definition) is 2. The summed E-state index contributed by atoms with van der Waals surface area (Å²) in [5, 5.41) is 6.23. The Bertz CT molecular complexity index is 873. The summed E-state index contributed by atoms with van der Waals surface area (Å²) in [4.78, 5) is 12.4. The van der Waals surface area contributed by atoms with Gasteiger partial charge in [-0.05, 0) is 61.0 Å². The van der Waals surface area contributed by atoms with E-state index in [0.29, 0.717) is 11.3 Å². The highest BCUT2D eigenvalue weighted by Gasteiger charge is 2.11. The molecule has 0 saturated heterocycles. The van der Waals surface area contributed by atoms with Crippen LogP contribution in [0.25, 0.3) is 0 Å². The fourth-order valence-corrected chi connectivity index (χ4v) is 2.56. The third-order valence-electron chi connectivity index (χ3n) is 3.80. The molecule has 0 unspecified atom stereocenters. The molecule has 2 N–H and O–H groups in total. The van der Waals surface area contributed by atoms with Gasteiger partial charge >= 0.3 is 0 Å². The van der Waals surface area contributed by atoms with Crippen LogP contribution in [-0.2, 0) is 0 Å². The zero-order valence-electron chi connectivity index (χ0n) is 14.2. The van der Waals surface area contributed by atoms with Crippen LogP contribution in [0.15, 0.2) is 72.8 Å². The van der Waals surface area contributed by atoms with E-state index < -0.39 is 0 Å². The van der Waals surface area contributed by atoms with Gasteiger partial charge in [-0.2, -0.15) is 0 Å². The number of carbonyl (C=O) groups is 1. The van der Waals surface area contributed by atoms with Crippen molar-refractivity contribution in [3.05, 3.63) is 83.9 Å². The molecule has 0 aliphatic rings. The van der Waals surface area contributed by atoms with Crippen molar-refractivity contribution < 1.29 is 9.53 Å². The van der Waals surface area contributed by atoms with E-state index >= 15 is 0 Å². The predicted octanol–water partition coefficient (Wildman–Crippen LogP) is 5.00. The first-order valence-corrected chi connectivity index (χ1v) is 8.04. The van der Waals surface area contributed by atoms with Crippen LogP contribution >= 0.6 is 0 Å². The van der Waals surface area contributed by atoms with E-state index in [1.54, 1.807) is 19.2 Å². The molecule has 1 amide bonds. The number of carbonyl (C=O) groups excluding carboxylic acids is 1. The summed E-state index contributed by atoms with van der Waals surface area (Å²) >= 11 is 0. The summed E-state index contributed by atoms with van der Waals surface area (Å²) in [5.41, 5.74) is 4.43. The number of aryl methyl sites for hydroxylation is 1. The number of nitrogens with one attached hydrogen (secondary N) is 2. The van der Waals surface area contributed by atoms with E-state index in [9.17, 15) is 4.79 Å². The Morgan fingerprint density at radius 3 is 2.28 bits per heavy atom. The lowest BCUT2D eigenvalue weighted by molar-refractivity contribution is 0.102. The SMILES string of the molecule is COc1ccccc1C(=O)Nc1ccc(Nc2cccc(C)c2)cc1. The number of benzene rings is 3. The second kappa shape index (κ2) is 7.53. The number of para-hydroxylation sites is 1. The minimum Gasteiger partial charge on any atom is -0.496 e. The third kappa shape index (κ3) is 4.18. The molecule has 0 aromatic heterocycles. The van der Waals surface area contributed by atoms with E-state index in [2.05, 4.69) is 29.7 Å². The van der Waals surface area contributed by atoms with Crippen LogP contribution < -0.4 is 15.4 Å². The molecule has 0 radical (unpaired) electrons. The topological polar surface area (TPSA) is 50.4 Å². The summed E-state index contributed by atoms with van der Waals surface area (Å²) in [6.07, 6.45) is 0. The maximum atomic E-state index is 12.4. The zero-order chi connectivity index (χ0) is 17.6. The smallest absolute Gasteiger partial charge is 0.259 e. The Balaban J connectivity index is 1.69.